The molecule has 0 spiro atoms. The second-order valence-corrected chi connectivity index (χ2v) is 6.49. The normalized spacial score (nSPS) is 12.0. The number of sulfonamides is 1. The monoisotopic (exact) mass is 302 g/mol. The molecular weight excluding hydrogens is 288 g/mol. The van der Waals surface area contributed by atoms with Gasteiger partial charge >= 0.3 is 11.7 Å². The first-order chi connectivity index (χ1) is 8.93. The number of nitrogens with zero attached hydrogens (tertiary/aromatic N) is 1. The van der Waals surface area contributed by atoms with Gasteiger partial charge in [0.05, 0.1) is 4.92 Å². The van der Waals surface area contributed by atoms with Gasteiger partial charge in [0.25, 0.3) is 0 Å². The Morgan fingerprint density at radius 2 is 1.90 bits per heavy atom. The van der Waals surface area contributed by atoms with Crippen molar-refractivity contribution in [2.24, 2.45) is 5.14 Å². The van der Waals surface area contributed by atoms with E-state index >= 15 is 0 Å². The lowest BCUT2D eigenvalue weighted by Gasteiger charge is -2.19. The number of nitrogens with two attached hydrogens (primary N) is 1. The lowest BCUT2D eigenvalue weighted by atomic mass is 10.1. The number of nitro benzene ring substituents is 1. The van der Waals surface area contributed by atoms with Gasteiger partial charge in [-0.2, -0.15) is 0 Å². The van der Waals surface area contributed by atoms with Gasteiger partial charge in [0, 0.05) is 0 Å². The fraction of sp³-hybridized carbons (Fsp3) is 0.364. The molecule has 1 aromatic carbocycles. The second kappa shape index (κ2) is 5.17. The maximum atomic E-state index is 11.9. The molecule has 0 atom stereocenters. The average molecular weight is 302 g/mol. The van der Waals surface area contributed by atoms with E-state index < -0.39 is 42.7 Å². The van der Waals surface area contributed by atoms with Crippen molar-refractivity contribution in [3.8, 4) is 0 Å². The molecule has 1 rings (SSSR count). The molecular formula is C11H14N2O6S. The number of carbonyl (C=O) groups is 1. The zero-order valence-electron chi connectivity index (χ0n) is 11.1. The summed E-state index contributed by atoms with van der Waals surface area (Å²) >= 11 is 0. The van der Waals surface area contributed by atoms with E-state index in [9.17, 15) is 23.3 Å². The number of esters is 1. The third kappa shape index (κ3) is 3.75. The molecule has 0 amide bonds. The summed E-state index contributed by atoms with van der Waals surface area (Å²) in [7, 11) is -4.33. The number of hydrogen-bond acceptors (Lipinski definition) is 6. The van der Waals surface area contributed by atoms with Crippen LogP contribution in [-0.4, -0.2) is 24.9 Å². The molecule has 0 aliphatic carbocycles. The Hall–Kier alpha value is -2.00. The molecule has 8 nitrogen and oxygen atoms in total. The van der Waals surface area contributed by atoms with Gasteiger partial charge in [-0.05, 0) is 32.9 Å². The first kappa shape index (κ1) is 16.1. The Labute approximate surface area is 115 Å². The van der Waals surface area contributed by atoms with E-state index in [0.717, 1.165) is 12.1 Å². The van der Waals surface area contributed by atoms with Gasteiger partial charge in [-0.25, -0.2) is 18.4 Å². The highest BCUT2D eigenvalue weighted by atomic mass is 32.2. The van der Waals surface area contributed by atoms with Crippen LogP contribution in [-0.2, 0) is 14.8 Å². The molecule has 2 N–H and O–H groups in total. The molecule has 20 heavy (non-hydrogen) atoms. The van der Waals surface area contributed by atoms with Crippen molar-refractivity contribution in [1.82, 2.24) is 0 Å². The molecule has 0 aliphatic heterocycles. The van der Waals surface area contributed by atoms with Crippen molar-refractivity contribution in [2.45, 2.75) is 31.3 Å². The van der Waals surface area contributed by atoms with Crippen molar-refractivity contribution >= 4 is 21.7 Å². The van der Waals surface area contributed by atoms with Crippen LogP contribution in [0.2, 0.25) is 0 Å². The summed E-state index contributed by atoms with van der Waals surface area (Å²) in [6.45, 7) is 4.75. The molecule has 0 unspecified atom stereocenters. The molecule has 9 heteroatoms. The first-order valence-corrected chi connectivity index (χ1v) is 7.01. The van der Waals surface area contributed by atoms with Gasteiger partial charge in [-0.15, -0.1) is 0 Å². The zero-order valence-corrected chi connectivity index (χ0v) is 11.9. The van der Waals surface area contributed by atoms with Gasteiger partial charge in [-0.3, -0.25) is 10.1 Å². The van der Waals surface area contributed by atoms with E-state index in [2.05, 4.69) is 0 Å². The van der Waals surface area contributed by atoms with Gasteiger partial charge in [0.2, 0.25) is 10.0 Å². The van der Waals surface area contributed by atoms with Crippen LogP contribution in [0.1, 0.15) is 31.1 Å². The Morgan fingerprint density at radius 3 is 2.30 bits per heavy atom. The van der Waals surface area contributed by atoms with Crippen LogP contribution < -0.4 is 5.14 Å². The topological polar surface area (TPSA) is 130 Å². The maximum absolute atomic E-state index is 11.9. The average Bonchev–Trinajstić information content (AvgIpc) is 2.24. The van der Waals surface area contributed by atoms with Crippen LogP contribution in [0, 0.1) is 10.1 Å². The van der Waals surface area contributed by atoms with Crippen LogP contribution in [0.4, 0.5) is 5.69 Å². The van der Waals surface area contributed by atoms with Gasteiger partial charge < -0.3 is 4.74 Å². The summed E-state index contributed by atoms with van der Waals surface area (Å²) in [5.74, 6) is -0.991. The molecule has 0 bridgehead atoms. The summed E-state index contributed by atoms with van der Waals surface area (Å²) < 4.78 is 27.7. The summed E-state index contributed by atoms with van der Waals surface area (Å²) in [4.78, 5) is 21.2. The summed E-state index contributed by atoms with van der Waals surface area (Å²) in [6.07, 6.45) is 0. The summed E-state index contributed by atoms with van der Waals surface area (Å²) in [6, 6.07) is 3.26. The number of primary sulfonamides is 1. The standard InChI is InChI=1S/C11H14N2O6S/c1-11(2,3)19-10(14)7-5-4-6-8(20(12,17)18)9(7)13(15)16/h4-6H,1-3H3,(H2,12,17,18). The lowest BCUT2D eigenvalue weighted by molar-refractivity contribution is -0.388. The van der Waals surface area contributed by atoms with E-state index in [0.29, 0.717) is 0 Å². The Balaban J connectivity index is 3.50. The van der Waals surface area contributed by atoms with Gasteiger partial charge in [0.15, 0.2) is 4.90 Å². The number of hydrogen-bond donors (Lipinski definition) is 1. The molecule has 0 radical (unpaired) electrons. The number of para-hydroxylation sites is 1. The van der Waals surface area contributed by atoms with Gasteiger partial charge in [-0.1, -0.05) is 6.07 Å². The number of ether oxygens (including phenoxy) is 1. The predicted octanol–water partition coefficient (Wildman–Crippen LogP) is 1.20. The third-order valence-corrected chi connectivity index (χ3v) is 3.05. The molecule has 0 fully saturated rings. The fourth-order valence-corrected chi connectivity index (χ4v) is 2.16. The largest absolute Gasteiger partial charge is 0.456 e. The molecule has 0 aliphatic rings. The molecule has 0 saturated carbocycles. The summed E-state index contributed by atoms with van der Waals surface area (Å²) in [5, 5.41) is 15.9. The SMILES string of the molecule is CC(C)(C)OC(=O)c1cccc(S(N)(=O)=O)c1[N+](=O)[O-]. The van der Waals surface area contributed by atoms with E-state index in [1.807, 2.05) is 0 Å². The predicted molar refractivity (Wildman–Crippen MR) is 69.6 cm³/mol. The maximum Gasteiger partial charge on any atom is 0.345 e. The molecule has 0 heterocycles. The molecule has 0 aromatic heterocycles. The van der Waals surface area contributed by atoms with E-state index in [4.69, 9.17) is 9.88 Å². The van der Waals surface area contributed by atoms with Crippen molar-refractivity contribution < 1.29 is 22.9 Å². The molecule has 0 saturated heterocycles. The molecule has 1 aromatic rings. The lowest BCUT2D eigenvalue weighted by Crippen LogP contribution is -2.25. The molecule has 110 valence electrons. The fourth-order valence-electron chi connectivity index (χ4n) is 1.44. The number of benzene rings is 1. The first-order valence-electron chi connectivity index (χ1n) is 5.47. The second-order valence-electron chi connectivity index (χ2n) is 4.96. The quantitative estimate of drug-likeness (QED) is 0.507. The minimum atomic E-state index is -4.33. The number of rotatable bonds is 3. The van der Waals surface area contributed by atoms with Crippen molar-refractivity contribution in [3.63, 3.8) is 0 Å². The van der Waals surface area contributed by atoms with E-state index in [1.54, 1.807) is 20.8 Å². The highest BCUT2D eigenvalue weighted by Crippen LogP contribution is 2.28. The minimum Gasteiger partial charge on any atom is -0.456 e. The van der Waals surface area contributed by atoms with Crippen LogP contribution in [0.5, 0.6) is 0 Å². The smallest absolute Gasteiger partial charge is 0.345 e. The van der Waals surface area contributed by atoms with Crippen molar-refractivity contribution in [2.75, 3.05) is 0 Å². The third-order valence-electron chi connectivity index (χ3n) is 2.11. The minimum absolute atomic E-state index is 0.462. The van der Waals surface area contributed by atoms with E-state index in [-0.39, 0.29) is 0 Å². The van der Waals surface area contributed by atoms with Gasteiger partial charge in [0.1, 0.15) is 11.2 Å². The van der Waals surface area contributed by atoms with Crippen molar-refractivity contribution in [1.29, 1.82) is 0 Å². The van der Waals surface area contributed by atoms with Crippen LogP contribution >= 0.6 is 0 Å². The van der Waals surface area contributed by atoms with E-state index in [1.165, 1.54) is 6.07 Å². The summed E-state index contributed by atoms with van der Waals surface area (Å²) in [5.41, 5.74) is -2.22. The van der Waals surface area contributed by atoms with Crippen molar-refractivity contribution in [3.05, 3.63) is 33.9 Å². The zero-order chi connectivity index (χ0) is 15.7. The van der Waals surface area contributed by atoms with Crippen LogP contribution in [0.3, 0.4) is 0 Å². The highest BCUT2D eigenvalue weighted by Gasteiger charge is 2.32. The Bertz CT molecular complexity index is 660. The Kier molecular flexibility index (Phi) is 4.15. The van der Waals surface area contributed by atoms with Crippen LogP contribution in [0.25, 0.3) is 0 Å². The number of nitro groups is 1. The number of carbonyl (C=O) groups excluding carboxylic acids is 1. The Morgan fingerprint density at radius 1 is 1.35 bits per heavy atom. The van der Waals surface area contributed by atoms with Crippen LogP contribution in [0.15, 0.2) is 23.1 Å². The highest BCUT2D eigenvalue weighted by molar-refractivity contribution is 7.89.